The molecule has 0 aromatic carbocycles. The van der Waals surface area contributed by atoms with Crippen LogP contribution < -0.4 is 10.6 Å². The first-order valence-electron chi connectivity index (χ1n) is 6.61. The summed E-state index contributed by atoms with van der Waals surface area (Å²) in [6.07, 6.45) is -0.287. The topological polar surface area (TPSA) is 93.5 Å². The number of thiophene rings is 1. The van der Waals surface area contributed by atoms with Gasteiger partial charge in [-0.2, -0.15) is 0 Å². The van der Waals surface area contributed by atoms with Gasteiger partial charge in [-0.3, -0.25) is 14.9 Å². The first-order valence-corrected chi connectivity index (χ1v) is 7.43. The van der Waals surface area contributed by atoms with Gasteiger partial charge in [-0.05, 0) is 26.0 Å². The maximum atomic E-state index is 11.8. The van der Waals surface area contributed by atoms with E-state index in [-0.39, 0.29) is 18.5 Å². The molecule has 1 atom stereocenters. The highest BCUT2D eigenvalue weighted by Crippen LogP contribution is 2.24. The van der Waals surface area contributed by atoms with Crippen LogP contribution in [-0.2, 0) is 14.3 Å². The number of nitrogens with zero attached hydrogens (tertiary/aromatic N) is 1. The third-order valence-electron chi connectivity index (χ3n) is 2.89. The molecule has 0 spiro atoms. The molecule has 0 bridgehead atoms. The van der Waals surface area contributed by atoms with Crippen LogP contribution in [0.2, 0.25) is 0 Å². The van der Waals surface area contributed by atoms with Crippen LogP contribution in [0, 0.1) is 13.8 Å². The molecule has 0 radical (unpaired) electrons. The van der Waals surface area contributed by atoms with Crippen LogP contribution in [-0.4, -0.2) is 30.6 Å². The minimum atomic E-state index is -0.800. The number of hydrogen-bond acceptors (Lipinski definition) is 6. The summed E-state index contributed by atoms with van der Waals surface area (Å²) in [6, 6.07) is 5.45. The van der Waals surface area contributed by atoms with E-state index in [9.17, 15) is 9.59 Å². The van der Waals surface area contributed by atoms with Crippen LogP contribution in [0.4, 0.5) is 5.82 Å². The summed E-state index contributed by atoms with van der Waals surface area (Å²) in [5, 5.41) is 8.48. The largest absolute Gasteiger partial charge is 0.374 e. The number of nitrogens with one attached hydrogen (secondary N) is 2. The molecule has 0 fully saturated rings. The van der Waals surface area contributed by atoms with E-state index >= 15 is 0 Å². The molecule has 2 amide bonds. The summed E-state index contributed by atoms with van der Waals surface area (Å²) in [6.45, 7) is 3.89. The number of rotatable bonds is 5. The molecule has 8 heteroatoms. The molecule has 0 saturated heterocycles. The second-order valence-electron chi connectivity index (χ2n) is 4.66. The van der Waals surface area contributed by atoms with Crippen LogP contribution in [0.5, 0.6) is 0 Å². The Morgan fingerprint density at radius 1 is 1.36 bits per heavy atom. The molecule has 0 unspecified atom stereocenters. The fourth-order valence-corrected chi connectivity index (χ4v) is 2.75. The van der Waals surface area contributed by atoms with Crippen molar-refractivity contribution >= 4 is 29.0 Å². The predicted molar refractivity (Wildman–Crippen MR) is 81.7 cm³/mol. The van der Waals surface area contributed by atoms with E-state index < -0.39 is 11.8 Å². The maximum absolute atomic E-state index is 11.8. The lowest BCUT2D eigenvalue weighted by molar-refractivity contribution is -0.136. The number of methoxy groups -OCH3 is 1. The molecule has 2 aromatic heterocycles. The van der Waals surface area contributed by atoms with Gasteiger partial charge in [0.25, 0.3) is 0 Å². The Balaban J connectivity index is 1.86. The summed E-state index contributed by atoms with van der Waals surface area (Å²) in [5.74, 6) is -0.806. The molecule has 2 heterocycles. The number of aryl methyl sites for hydroxylation is 2. The summed E-state index contributed by atoms with van der Waals surface area (Å²) in [7, 11) is 1.56. The van der Waals surface area contributed by atoms with Crippen LogP contribution in [0.1, 0.15) is 21.6 Å². The Kier molecular flexibility index (Phi) is 5.29. The van der Waals surface area contributed by atoms with Crippen molar-refractivity contribution in [2.45, 2.75) is 20.0 Å². The highest BCUT2D eigenvalue weighted by atomic mass is 32.1. The number of anilines is 1. The zero-order chi connectivity index (χ0) is 16.1. The minimum absolute atomic E-state index is 0.204. The van der Waals surface area contributed by atoms with Gasteiger partial charge in [0.15, 0.2) is 5.82 Å². The molecule has 118 valence electrons. The molecule has 0 aliphatic heterocycles. The van der Waals surface area contributed by atoms with Crippen molar-refractivity contribution in [3.63, 3.8) is 0 Å². The second kappa shape index (κ2) is 7.19. The van der Waals surface area contributed by atoms with Gasteiger partial charge >= 0.3 is 11.8 Å². The predicted octanol–water partition coefficient (Wildman–Crippen LogP) is 1.80. The van der Waals surface area contributed by atoms with Crippen LogP contribution in [0.3, 0.4) is 0 Å². The van der Waals surface area contributed by atoms with Crippen molar-refractivity contribution in [3.8, 4) is 0 Å². The monoisotopic (exact) mass is 323 g/mol. The van der Waals surface area contributed by atoms with Crippen molar-refractivity contribution in [2.24, 2.45) is 0 Å². The summed E-state index contributed by atoms with van der Waals surface area (Å²) in [4.78, 5) is 25.6. The van der Waals surface area contributed by atoms with Crippen molar-refractivity contribution in [1.29, 1.82) is 0 Å². The van der Waals surface area contributed by atoms with Gasteiger partial charge in [-0.25, -0.2) is 0 Å². The Bertz CT molecular complexity index is 665. The van der Waals surface area contributed by atoms with E-state index in [2.05, 4.69) is 15.8 Å². The molecule has 0 saturated carbocycles. The van der Waals surface area contributed by atoms with Crippen LogP contribution >= 0.6 is 11.3 Å². The SMILES string of the molecule is CO[C@H](CNC(=O)C(=O)Nc1cc(C)on1)c1ccc(C)s1. The molecule has 2 rings (SSSR count). The fourth-order valence-electron chi connectivity index (χ4n) is 1.79. The number of ether oxygens (including phenoxy) is 1. The van der Waals surface area contributed by atoms with E-state index in [4.69, 9.17) is 9.26 Å². The third kappa shape index (κ3) is 4.15. The van der Waals surface area contributed by atoms with Crippen molar-refractivity contribution in [2.75, 3.05) is 19.0 Å². The lowest BCUT2D eigenvalue weighted by Crippen LogP contribution is -2.37. The Hall–Kier alpha value is -2.19. The molecule has 2 aromatic rings. The van der Waals surface area contributed by atoms with Crippen LogP contribution in [0.15, 0.2) is 22.7 Å². The third-order valence-corrected chi connectivity index (χ3v) is 3.98. The number of carbonyl (C=O) groups is 2. The van der Waals surface area contributed by atoms with E-state index in [1.54, 1.807) is 25.4 Å². The van der Waals surface area contributed by atoms with E-state index in [0.717, 1.165) is 9.75 Å². The number of amides is 2. The Morgan fingerprint density at radius 3 is 2.68 bits per heavy atom. The van der Waals surface area contributed by atoms with E-state index in [1.165, 1.54) is 6.07 Å². The van der Waals surface area contributed by atoms with E-state index in [0.29, 0.717) is 5.76 Å². The van der Waals surface area contributed by atoms with Gasteiger partial charge < -0.3 is 14.6 Å². The molecule has 7 nitrogen and oxygen atoms in total. The normalized spacial score (nSPS) is 12.0. The highest BCUT2D eigenvalue weighted by molar-refractivity contribution is 7.12. The molecule has 0 aliphatic carbocycles. The van der Waals surface area contributed by atoms with Gasteiger partial charge in [0.1, 0.15) is 11.9 Å². The zero-order valence-corrected chi connectivity index (χ0v) is 13.3. The van der Waals surface area contributed by atoms with Crippen molar-refractivity contribution in [3.05, 3.63) is 33.7 Å². The summed E-state index contributed by atoms with van der Waals surface area (Å²) >= 11 is 1.59. The molecule has 2 N–H and O–H groups in total. The molecular formula is C14H17N3O4S. The average Bonchev–Trinajstić information content (AvgIpc) is 3.08. The smallest absolute Gasteiger partial charge is 0.314 e. The quantitative estimate of drug-likeness (QED) is 0.818. The standard InChI is InChI=1S/C14H17N3O4S/c1-8-6-12(17-21-8)16-14(19)13(18)15-7-10(20-3)11-5-4-9(2)22-11/h4-6,10H,7H2,1-3H3,(H,15,18)(H,16,17,19)/t10-/m1/s1. The van der Waals surface area contributed by atoms with Crippen molar-refractivity contribution in [1.82, 2.24) is 10.5 Å². The van der Waals surface area contributed by atoms with Gasteiger partial charge in [0.05, 0.1) is 0 Å². The second-order valence-corrected chi connectivity index (χ2v) is 5.98. The first kappa shape index (κ1) is 16.2. The Morgan fingerprint density at radius 2 is 2.14 bits per heavy atom. The number of aromatic nitrogens is 1. The first-order chi connectivity index (χ1) is 10.5. The van der Waals surface area contributed by atoms with Crippen molar-refractivity contribution < 1.29 is 18.8 Å². The molecule has 0 aliphatic rings. The van der Waals surface area contributed by atoms with Gasteiger partial charge in [0, 0.05) is 29.5 Å². The fraction of sp³-hybridized carbons (Fsp3) is 0.357. The highest BCUT2D eigenvalue weighted by Gasteiger charge is 2.19. The average molecular weight is 323 g/mol. The minimum Gasteiger partial charge on any atom is -0.374 e. The zero-order valence-electron chi connectivity index (χ0n) is 12.5. The summed E-state index contributed by atoms with van der Waals surface area (Å²) < 4.78 is 10.1. The lowest BCUT2D eigenvalue weighted by Gasteiger charge is -2.14. The summed E-state index contributed by atoms with van der Waals surface area (Å²) in [5.41, 5.74) is 0. The number of hydrogen-bond donors (Lipinski definition) is 2. The Labute approximate surface area is 131 Å². The molecular weight excluding hydrogens is 306 g/mol. The van der Waals surface area contributed by atoms with Gasteiger partial charge in [-0.1, -0.05) is 5.16 Å². The van der Waals surface area contributed by atoms with Gasteiger partial charge in [0.2, 0.25) is 0 Å². The number of carbonyl (C=O) groups excluding carboxylic acids is 2. The lowest BCUT2D eigenvalue weighted by atomic mass is 10.3. The van der Waals surface area contributed by atoms with Gasteiger partial charge in [-0.15, -0.1) is 11.3 Å². The maximum Gasteiger partial charge on any atom is 0.314 e. The molecule has 22 heavy (non-hydrogen) atoms. The van der Waals surface area contributed by atoms with E-state index in [1.807, 2.05) is 19.1 Å². The van der Waals surface area contributed by atoms with Crippen LogP contribution in [0.25, 0.3) is 0 Å².